The molecule has 1 rings (SSSR count). The summed E-state index contributed by atoms with van der Waals surface area (Å²) in [5.41, 5.74) is 2.01. The minimum absolute atomic E-state index is 0.625. The van der Waals surface area contributed by atoms with Crippen LogP contribution in [0.1, 0.15) is 33.3 Å². The Balaban J connectivity index is 0.000000265. The second-order valence-corrected chi connectivity index (χ2v) is 4.33. The molecule has 2 radical (unpaired) electrons. The third-order valence-corrected chi connectivity index (χ3v) is 1.86. The van der Waals surface area contributed by atoms with Crippen LogP contribution in [-0.2, 0) is 0 Å². The fraction of sp³-hybridized carbons (Fsp3) is 0.538. The lowest BCUT2D eigenvalue weighted by molar-refractivity contribution is 0.518. The average Bonchev–Trinajstić information content (AvgIpc) is 2.08. The molecule has 0 heterocycles. The van der Waals surface area contributed by atoms with Gasteiger partial charge in [-0.2, -0.15) is 0 Å². The average molecular weight is 203 g/mol. The van der Waals surface area contributed by atoms with Crippen LogP contribution in [0.25, 0.3) is 0 Å². The zero-order valence-corrected chi connectivity index (χ0v) is 10.5. The summed E-state index contributed by atoms with van der Waals surface area (Å²) < 4.78 is 0. The summed E-state index contributed by atoms with van der Waals surface area (Å²) in [6.07, 6.45) is 0. The van der Waals surface area contributed by atoms with Crippen LogP contribution in [0.4, 0.5) is 0 Å². The van der Waals surface area contributed by atoms with Crippen LogP contribution in [-0.4, -0.2) is 19.9 Å². The van der Waals surface area contributed by atoms with Crippen molar-refractivity contribution in [2.24, 2.45) is 0 Å². The summed E-state index contributed by atoms with van der Waals surface area (Å²) in [6.45, 7) is 10.6. The number of rotatable bonds is 2. The molecular formula is C13H22BN. The minimum atomic E-state index is 0.625. The highest BCUT2D eigenvalue weighted by Gasteiger charge is 1.92. The second kappa shape index (κ2) is 7.53. The molecule has 0 aliphatic heterocycles. The van der Waals surface area contributed by atoms with E-state index in [0.717, 1.165) is 11.0 Å². The van der Waals surface area contributed by atoms with Crippen molar-refractivity contribution < 1.29 is 0 Å². The predicted octanol–water partition coefficient (Wildman–Crippen LogP) is 2.18. The minimum Gasteiger partial charge on any atom is -0.312 e. The molecule has 0 saturated heterocycles. The lowest BCUT2D eigenvalue weighted by atomic mass is 9.92. The maximum absolute atomic E-state index is 5.52. The van der Waals surface area contributed by atoms with E-state index >= 15 is 0 Å². The van der Waals surface area contributed by atoms with Crippen molar-refractivity contribution in [3.05, 3.63) is 29.8 Å². The molecule has 0 amide bonds. The first-order chi connectivity index (χ1) is 6.93. The van der Waals surface area contributed by atoms with E-state index in [2.05, 4.69) is 33.0 Å². The Hall–Kier alpha value is -0.755. The molecule has 2 heteroatoms. The second-order valence-electron chi connectivity index (χ2n) is 4.33. The smallest absolute Gasteiger partial charge is 0.114 e. The first-order valence-electron chi connectivity index (χ1n) is 5.50. The standard InChI is InChI=1S/C7H7B.C6H15N/c1-6-4-2-3-5-7(6)8;1-5(2)7-6(3)4/h2-5H,1H3;5-7H,1-4H3. The van der Waals surface area contributed by atoms with E-state index in [9.17, 15) is 0 Å². The van der Waals surface area contributed by atoms with Crippen molar-refractivity contribution in [2.45, 2.75) is 46.7 Å². The third-order valence-electron chi connectivity index (χ3n) is 1.86. The van der Waals surface area contributed by atoms with E-state index in [-0.39, 0.29) is 0 Å². The van der Waals surface area contributed by atoms with Crippen LogP contribution in [0.3, 0.4) is 0 Å². The lowest BCUT2D eigenvalue weighted by Crippen LogP contribution is -2.29. The van der Waals surface area contributed by atoms with Gasteiger partial charge in [-0.25, -0.2) is 0 Å². The SMILES string of the molecule is CC(C)NC(C)C.[B]c1ccccc1C. The van der Waals surface area contributed by atoms with E-state index < -0.39 is 0 Å². The van der Waals surface area contributed by atoms with E-state index in [4.69, 9.17) is 7.85 Å². The van der Waals surface area contributed by atoms with Gasteiger partial charge in [-0.15, -0.1) is 0 Å². The molecule has 0 saturated carbocycles. The highest BCUT2D eigenvalue weighted by atomic mass is 14.9. The van der Waals surface area contributed by atoms with Crippen molar-refractivity contribution in [3.8, 4) is 0 Å². The highest BCUT2D eigenvalue weighted by Crippen LogP contribution is 1.88. The van der Waals surface area contributed by atoms with Gasteiger partial charge in [0.1, 0.15) is 7.85 Å². The zero-order valence-electron chi connectivity index (χ0n) is 10.5. The lowest BCUT2D eigenvalue weighted by Gasteiger charge is -2.10. The van der Waals surface area contributed by atoms with Gasteiger partial charge in [0, 0.05) is 12.1 Å². The van der Waals surface area contributed by atoms with Gasteiger partial charge in [-0.05, 0) is 6.92 Å². The molecule has 0 fully saturated rings. The van der Waals surface area contributed by atoms with Crippen LogP contribution in [0.2, 0.25) is 0 Å². The summed E-state index contributed by atoms with van der Waals surface area (Å²) in [4.78, 5) is 0. The highest BCUT2D eigenvalue weighted by molar-refractivity contribution is 6.33. The molecule has 82 valence electrons. The number of benzene rings is 1. The molecule has 15 heavy (non-hydrogen) atoms. The quantitative estimate of drug-likeness (QED) is 0.726. The number of hydrogen-bond donors (Lipinski definition) is 1. The number of aryl methyl sites for hydroxylation is 1. The largest absolute Gasteiger partial charge is 0.312 e. The van der Waals surface area contributed by atoms with Gasteiger partial charge < -0.3 is 5.32 Å². The molecule has 1 aromatic carbocycles. The van der Waals surface area contributed by atoms with Crippen LogP contribution in [0.5, 0.6) is 0 Å². The van der Waals surface area contributed by atoms with Gasteiger partial charge >= 0.3 is 0 Å². The van der Waals surface area contributed by atoms with E-state index in [1.807, 2.05) is 31.2 Å². The first-order valence-corrected chi connectivity index (χ1v) is 5.50. The topological polar surface area (TPSA) is 12.0 Å². The molecule has 0 aromatic heterocycles. The number of hydrogen-bond acceptors (Lipinski definition) is 1. The van der Waals surface area contributed by atoms with Gasteiger partial charge in [0.15, 0.2) is 0 Å². The summed E-state index contributed by atoms with van der Waals surface area (Å²) in [7, 11) is 5.52. The Kier molecular flexibility index (Phi) is 7.15. The van der Waals surface area contributed by atoms with Gasteiger partial charge in [0.25, 0.3) is 0 Å². The molecule has 0 spiro atoms. The third kappa shape index (κ3) is 8.25. The Bertz CT molecular complexity index is 242. The van der Waals surface area contributed by atoms with Crippen LogP contribution in [0.15, 0.2) is 24.3 Å². The normalized spacial score (nSPS) is 10.1. The van der Waals surface area contributed by atoms with E-state index in [0.29, 0.717) is 12.1 Å². The number of nitrogens with one attached hydrogen (secondary N) is 1. The maximum atomic E-state index is 5.52. The maximum Gasteiger partial charge on any atom is 0.114 e. The molecule has 0 unspecified atom stereocenters. The zero-order chi connectivity index (χ0) is 11.8. The monoisotopic (exact) mass is 203 g/mol. The van der Waals surface area contributed by atoms with Crippen molar-refractivity contribution in [2.75, 3.05) is 0 Å². The Morgan fingerprint density at radius 3 is 1.67 bits per heavy atom. The van der Waals surface area contributed by atoms with E-state index in [1.165, 1.54) is 0 Å². The Morgan fingerprint density at radius 1 is 1.00 bits per heavy atom. The molecule has 0 aliphatic carbocycles. The summed E-state index contributed by atoms with van der Waals surface area (Å²) >= 11 is 0. The molecule has 0 atom stereocenters. The summed E-state index contributed by atoms with van der Waals surface area (Å²) in [6, 6.07) is 9.05. The fourth-order valence-corrected chi connectivity index (χ4v) is 1.25. The molecule has 1 N–H and O–H groups in total. The molecule has 0 bridgehead atoms. The predicted molar refractivity (Wildman–Crippen MR) is 70.0 cm³/mol. The van der Waals surface area contributed by atoms with Gasteiger partial charge in [-0.3, -0.25) is 0 Å². The van der Waals surface area contributed by atoms with Gasteiger partial charge in [0.2, 0.25) is 0 Å². The van der Waals surface area contributed by atoms with Crippen molar-refractivity contribution in [1.29, 1.82) is 0 Å². The van der Waals surface area contributed by atoms with Crippen molar-refractivity contribution in [3.63, 3.8) is 0 Å². The molecule has 1 aromatic rings. The van der Waals surface area contributed by atoms with Gasteiger partial charge in [0.05, 0.1) is 0 Å². The Morgan fingerprint density at radius 2 is 1.47 bits per heavy atom. The van der Waals surface area contributed by atoms with E-state index in [1.54, 1.807) is 0 Å². The summed E-state index contributed by atoms with van der Waals surface area (Å²) in [5.74, 6) is 0. The van der Waals surface area contributed by atoms with Gasteiger partial charge in [-0.1, -0.05) is 63.0 Å². The van der Waals surface area contributed by atoms with Crippen LogP contribution < -0.4 is 10.8 Å². The molecule has 0 aliphatic rings. The fourth-order valence-electron chi connectivity index (χ4n) is 1.25. The van der Waals surface area contributed by atoms with Crippen molar-refractivity contribution >= 4 is 13.3 Å². The first kappa shape index (κ1) is 14.2. The van der Waals surface area contributed by atoms with Crippen LogP contribution in [0, 0.1) is 6.92 Å². The Labute approximate surface area is 95.7 Å². The molecular weight excluding hydrogens is 181 g/mol. The van der Waals surface area contributed by atoms with Crippen LogP contribution >= 0.6 is 0 Å². The molecule has 1 nitrogen and oxygen atoms in total. The van der Waals surface area contributed by atoms with Crippen molar-refractivity contribution in [1.82, 2.24) is 5.32 Å². The summed E-state index contributed by atoms with van der Waals surface area (Å²) in [5, 5.41) is 3.31.